The molecule has 0 heterocycles. The van der Waals surface area contributed by atoms with Crippen molar-refractivity contribution in [2.45, 2.75) is 32.4 Å². The van der Waals surface area contributed by atoms with Gasteiger partial charge in [0.25, 0.3) is 0 Å². The van der Waals surface area contributed by atoms with Gasteiger partial charge in [-0.3, -0.25) is 0 Å². The van der Waals surface area contributed by atoms with Crippen molar-refractivity contribution in [1.82, 2.24) is 0 Å². The lowest BCUT2D eigenvalue weighted by Gasteiger charge is -2.22. The standard InChI is InChI=1S/C12H15Cl2NO2/c1-12(2,3)17-11(16)10(15)8-5-4-7(13)6-9(8)14/h4-6,10H,15H2,1-3H3. The second-order valence-corrected chi connectivity index (χ2v) is 5.52. The molecule has 1 atom stereocenters. The minimum atomic E-state index is -0.904. The maximum Gasteiger partial charge on any atom is 0.328 e. The maximum absolute atomic E-state index is 11.8. The van der Waals surface area contributed by atoms with Gasteiger partial charge in [0.15, 0.2) is 0 Å². The predicted molar refractivity (Wildman–Crippen MR) is 69.2 cm³/mol. The Kier molecular flexibility index (Phi) is 4.42. The van der Waals surface area contributed by atoms with Crippen molar-refractivity contribution in [3.05, 3.63) is 33.8 Å². The van der Waals surface area contributed by atoms with Gasteiger partial charge in [0.05, 0.1) is 0 Å². The van der Waals surface area contributed by atoms with Crippen molar-refractivity contribution in [2.75, 3.05) is 0 Å². The van der Waals surface area contributed by atoms with E-state index < -0.39 is 17.6 Å². The first kappa shape index (κ1) is 14.3. The molecule has 0 bridgehead atoms. The fraction of sp³-hybridized carbons (Fsp3) is 0.417. The van der Waals surface area contributed by atoms with Gasteiger partial charge in [0.1, 0.15) is 11.6 Å². The van der Waals surface area contributed by atoms with E-state index in [0.717, 1.165) is 0 Å². The molecule has 0 aromatic heterocycles. The summed E-state index contributed by atoms with van der Waals surface area (Å²) in [6, 6.07) is 3.90. The third kappa shape index (κ3) is 4.19. The summed E-state index contributed by atoms with van der Waals surface area (Å²) in [7, 11) is 0. The predicted octanol–water partition coefficient (Wildman–Crippen LogP) is 3.33. The molecule has 1 aromatic rings. The summed E-state index contributed by atoms with van der Waals surface area (Å²) in [5.74, 6) is -0.512. The lowest BCUT2D eigenvalue weighted by molar-refractivity contribution is -0.156. The molecule has 0 fully saturated rings. The third-order valence-corrected chi connectivity index (χ3v) is 2.52. The van der Waals surface area contributed by atoms with Gasteiger partial charge in [-0.15, -0.1) is 0 Å². The number of halogens is 2. The van der Waals surface area contributed by atoms with Crippen molar-refractivity contribution in [3.63, 3.8) is 0 Å². The van der Waals surface area contributed by atoms with Gasteiger partial charge in [0, 0.05) is 10.0 Å². The van der Waals surface area contributed by atoms with E-state index in [0.29, 0.717) is 15.6 Å². The van der Waals surface area contributed by atoms with E-state index in [1.807, 2.05) is 0 Å². The zero-order valence-electron chi connectivity index (χ0n) is 9.96. The van der Waals surface area contributed by atoms with Crippen molar-refractivity contribution < 1.29 is 9.53 Å². The lowest BCUT2D eigenvalue weighted by atomic mass is 10.1. The summed E-state index contributed by atoms with van der Waals surface area (Å²) < 4.78 is 5.18. The number of benzene rings is 1. The van der Waals surface area contributed by atoms with E-state index in [9.17, 15) is 4.79 Å². The van der Waals surface area contributed by atoms with Crippen molar-refractivity contribution >= 4 is 29.2 Å². The highest BCUT2D eigenvalue weighted by Crippen LogP contribution is 2.26. The van der Waals surface area contributed by atoms with Crippen LogP contribution in [0.4, 0.5) is 0 Å². The van der Waals surface area contributed by atoms with Crippen LogP contribution in [0.5, 0.6) is 0 Å². The van der Waals surface area contributed by atoms with Gasteiger partial charge in [0.2, 0.25) is 0 Å². The summed E-state index contributed by atoms with van der Waals surface area (Å²) in [6.07, 6.45) is 0. The highest BCUT2D eigenvalue weighted by atomic mass is 35.5. The van der Waals surface area contributed by atoms with Crippen LogP contribution < -0.4 is 5.73 Å². The zero-order valence-corrected chi connectivity index (χ0v) is 11.5. The molecule has 0 saturated carbocycles. The number of carbonyl (C=O) groups excluding carboxylic acids is 1. The SMILES string of the molecule is CC(C)(C)OC(=O)C(N)c1ccc(Cl)cc1Cl. The van der Waals surface area contributed by atoms with Crippen LogP contribution in [0.1, 0.15) is 32.4 Å². The monoisotopic (exact) mass is 275 g/mol. The first-order valence-corrected chi connectivity index (χ1v) is 5.89. The van der Waals surface area contributed by atoms with Crippen LogP contribution in [0, 0.1) is 0 Å². The topological polar surface area (TPSA) is 52.3 Å². The minimum absolute atomic E-state index is 0.357. The summed E-state index contributed by atoms with van der Waals surface area (Å²) in [5, 5.41) is 0.853. The average molecular weight is 276 g/mol. The van der Waals surface area contributed by atoms with Crippen LogP contribution in [0.25, 0.3) is 0 Å². The van der Waals surface area contributed by atoms with E-state index in [-0.39, 0.29) is 0 Å². The normalized spacial score (nSPS) is 13.3. The molecule has 0 amide bonds. The molecule has 5 heteroatoms. The highest BCUT2D eigenvalue weighted by Gasteiger charge is 2.24. The van der Waals surface area contributed by atoms with Gasteiger partial charge < -0.3 is 10.5 Å². The smallest absolute Gasteiger partial charge is 0.328 e. The van der Waals surface area contributed by atoms with Crippen molar-refractivity contribution in [2.24, 2.45) is 5.73 Å². The number of carbonyl (C=O) groups is 1. The molecule has 0 aliphatic rings. The minimum Gasteiger partial charge on any atom is -0.459 e. The summed E-state index contributed by atoms with van der Waals surface area (Å²) in [4.78, 5) is 11.8. The molecule has 0 spiro atoms. The molecule has 0 saturated heterocycles. The molecule has 1 aromatic carbocycles. The summed E-state index contributed by atoms with van der Waals surface area (Å²) in [5.41, 5.74) is 5.72. The molecule has 94 valence electrons. The highest BCUT2D eigenvalue weighted by molar-refractivity contribution is 6.35. The van der Waals surface area contributed by atoms with Gasteiger partial charge >= 0.3 is 5.97 Å². The average Bonchev–Trinajstić information content (AvgIpc) is 2.14. The zero-order chi connectivity index (χ0) is 13.2. The van der Waals surface area contributed by atoms with Crippen molar-refractivity contribution in [3.8, 4) is 0 Å². The van der Waals surface area contributed by atoms with Crippen LogP contribution in [0.2, 0.25) is 10.0 Å². The van der Waals surface area contributed by atoms with E-state index in [1.54, 1.807) is 39.0 Å². The van der Waals surface area contributed by atoms with Crippen LogP contribution in [-0.2, 0) is 9.53 Å². The van der Waals surface area contributed by atoms with Gasteiger partial charge in [-0.05, 0) is 38.5 Å². The molecule has 1 rings (SSSR count). The summed E-state index contributed by atoms with van der Waals surface area (Å²) >= 11 is 11.7. The molecule has 0 radical (unpaired) electrons. The van der Waals surface area contributed by atoms with E-state index in [2.05, 4.69) is 0 Å². The summed E-state index contributed by atoms with van der Waals surface area (Å²) in [6.45, 7) is 5.34. The van der Waals surface area contributed by atoms with Crippen molar-refractivity contribution in [1.29, 1.82) is 0 Å². The number of ether oxygens (including phenoxy) is 1. The first-order chi connectivity index (χ1) is 7.70. The fourth-order valence-electron chi connectivity index (χ4n) is 1.25. The van der Waals surface area contributed by atoms with Crippen LogP contribution in [0.3, 0.4) is 0 Å². The Balaban J connectivity index is 2.89. The number of hydrogen-bond acceptors (Lipinski definition) is 3. The Bertz CT molecular complexity index is 427. The molecule has 0 aliphatic carbocycles. The lowest BCUT2D eigenvalue weighted by Crippen LogP contribution is -2.31. The van der Waals surface area contributed by atoms with Crippen LogP contribution >= 0.6 is 23.2 Å². The number of hydrogen-bond donors (Lipinski definition) is 1. The number of esters is 1. The van der Waals surface area contributed by atoms with Crippen LogP contribution in [-0.4, -0.2) is 11.6 Å². The Morgan fingerprint density at radius 2 is 1.94 bits per heavy atom. The Hall–Kier alpha value is -0.770. The molecule has 1 unspecified atom stereocenters. The van der Waals surface area contributed by atoms with E-state index >= 15 is 0 Å². The number of rotatable bonds is 2. The quantitative estimate of drug-likeness (QED) is 0.843. The molecule has 2 N–H and O–H groups in total. The molecule has 0 aliphatic heterocycles. The largest absolute Gasteiger partial charge is 0.459 e. The Labute approximate surface area is 111 Å². The van der Waals surface area contributed by atoms with Gasteiger partial charge in [-0.1, -0.05) is 29.3 Å². The second-order valence-electron chi connectivity index (χ2n) is 4.68. The molecule has 3 nitrogen and oxygen atoms in total. The third-order valence-electron chi connectivity index (χ3n) is 1.96. The van der Waals surface area contributed by atoms with E-state index in [4.69, 9.17) is 33.7 Å². The molecule has 17 heavy (non-hydrogen) atoms. The molecular formula is C12H15Cl2NO2. The first-order valence-electron chi connectivity index (χ1n) is 5.14. The second kappa shape index (κ2) is 5.25. The van der Waals surface area contributed by atoms with Crippen LogP contribution in [0.15, 0.2) is 18.2 Å². The van der Waals surface area contributed by atoms with E-state index in [1.165, 1.54) is 0 Å². The fourth-order valence-corrected chi connectivity index (χ4v) is 1.77. The van der Waals surface area contributed by atoms with Gasteiger partial charge in [-0.2, -0.15) is 0 Å². The van der Waals surface area contributed by atoms with Gasteiger partial charge in [-0.25, -0.2) is 4.79 Å². The number of nitrogens with two attached hydrogens (primary N) is 1. The Morgan fingerprint density at radius 1 is 1.35 bits per heavy atom. The molecular weight excluding hydrogens is 261 g/mol. The maximum atomic E-state index is 11.8. The Morgan fingerprint density at radius 3 is 2.41 bits per heavy atom.